The molecule has 1 saturated heterocycles. The number of ether oxygens (including phenoxy) is 1. The van der Waals surface area contributed by atoms with E-state index in [1.165, 1.54) is 0 Å². The number of carbonyl (C=O) groups is 1. The van der Waals surface area contributed by atoms with Gasteiger partial charge in [0, 0.05) is 16.5 Å². The minimum Gasteiger partial charge on any atom is -0.497 e. The zero-order valence-electron chi connectivity index (χ0n) is 20.5. The Morgan fingerprint density at radius 2 is 1.83 bits per heavy atom. The molecule has 1 fully saturated rings. The lowest BCUT2D eigenvalue weighted by atomic mass is 9.93. The van der Waals surface area contributed by atoms with Crippen LogP contribution in [-0.2, 0) is 11.3 Å². The van der Waals surface area contributed by atoms with Gasteiger partial charge in [-0.25, -0.2) is 0 Å². The van der Waals surface area contributed by atoms with Gasteiger partial charge in [0.05, 0.1) is 19.7 Å². The SMILES string of the molecule is COc1ccc(C(CC(C)C)NC(=O)C2CCN(Cc3nc(-c4ccc(Cl)cc4)no3)CC2)cc1. The van der Waals surface area contributed by atoms with E-state index in [1.54, 1.807) is 7.11 Å². The van der Waals surface area contributed by atoms with E-state index in [1.807, 2.05) is 48.5 Å². The van der Waals surface area contributed by atoms with Gasteiger partial charge in [-0.1, -0.05) is 42.7 Å². The first kappa shape index (κ1) is 25.2. The van der Waals surface area contributed by atoms with Crippen LogP contribution in [0.15, 0.2) is 53.1 Å². The predicted octanol–water partition coefficient (Wildman–Crippen LogP) is 5.51. The fourth-order valence-corrected chi connectivity index (χ4v) is 4.58. The molecule has 186 valence electrons. The number of halogens is 1. The lowest BCUT2D eigenvalue weighted by Crippen LogP contribution is -2.41. The summed E-state index contributed by atoms with van der Waals surface area (Å²) < 4.78 is 10.7. The Morgan fingerprint density at radius 3 is 2.46 bits per heavy atom. The molecule has 1 unspecified atom stereocenters. The summed E-state index contributed by atoms with van der Waals surface area (Å²) in [6.07, 6.45) is 2.51. The Hall–Kier alpha value is -2.90. The number of amides is 1. The van der Waals surface area contributed by atoms with Gasteiger partial charge in [0.2, 0.25) is 17.6 Å². The highest BCUT2D eigenvalue weighted by Gasteiger charge is 2.28. The van der Waals surface area contributed by atoms with Crippen LogP contribution in [0.25, 0.3) is 11.4 Å². The first-order valence-corrected chi connectivity index (χ1v) is 12.5. The number of carbonyl (C=O) groups excluding carboxylic acids is 1. The van der Waals surface area contributed by atoms with Crippen molar-refractivity contribution in [1.82, 2.24) is 20.4 Å². The molecule has 0 saturated carbocycles. The molecule has 0 radical (unpaired) electrons. The van der Waals surface area contributed by atoms with Crippen molar-refractivity contribution in [2.45, 2.75) is 45.7 Å². The number of benzene rings is 2. The summed E-state index contributed by atoms with van der Waals surface area (Å²) in [5, 5.41) is 8.08. The number of piperidine rings is 1. The standard InChI is InChI=1S/C27H33ClN4O3/c1-18(2)16-24(19-6-10-23(34-3)11-7-19)29-27(33)21-12-14-32(15-13-21)17-25-30-26(31-35-25)20-4-8-22(28)9-5-20/h4-11,18,21,24H,12-17H2,1-3H3,(H,29,33). The molecule has 1 amide bonds. The third-order valence-corrected chi connectivity index (χ3v) is 6.68. The molecule has 3 aromatic rings. The normalized spacial score (nSPS) is 15.8. The van der Waals surface area contributed by atoms with Crippen LogP contribution in [0.5, 0.6) is 5.75 Å². The molecule has 35 heavy (non-hydrogen) atoms. The second kappa shape index (κ2) is 11.7. The molecule has 2 heterocycles. The molecule has 0 spiro atoms. The van der Waals surface area contributed by atoms with Gasteiger partial charge in [0.15, 0.2) is 0 Å². The van der Waals surface area contributed by atoms with Gasteiger partial charge in [-0.3, -0.25) is 9.69 Å². The van der Waals surface area contributed by atoms with Crippen molar-refractivity contribution in [3.63, 3.8) is 0 Å². The van der Waals surface area contributed by atoms with Gasteiger partial charge in [-0.15, -0.1) is 0 Å². The number of nitrogens with one attached hydrogen (secondary N) is 1. The van der Waals surface area contributed by atoms with Crippen LogP contribution in [0.3, 0.4) is 0 Å². The molecular weight excluding hydrogens is 464 g/mol. The molecule has 8 heteroatoms. The van der Waals surface area contributed by atoms with E-state index >= 15 is 0 Å². The maximum atomic E-state index is 13.1. The predicted molar refractivity (Wildman–Crippen MR) is 136 cm³/mol. The summed E-state index contributed by atoms with van der Waals surface area (Å²) in [6.45, 7) is 6.56. The fourth-order valence-electron chi connectivity index (χ4n) is 4.46. The van der Waals surface area contributed by atoms with E-state index in [4.69, 9.17) is 20.9 Å². The van der Waals surface area contributed by atoms with Crippen LogP contribution in [0.1, 0.15) is 50.6 Å². The van der Waals surface area contributed by atoms with E-state index in [0.717, 1.165) is 49.2 Å². The third kappa shape index (κ3) is 6.83. The number of methoxy groups -OCH3 is 1. The minimum atomic E-state index is -0.00359. The Bertz CT molecular complexity index is 1090. The van der Waals surface area contributed by atoms with Crippen molar-refractivity contribution < 1.29 is 14.1 Å². The van der Waals surface area contributed by atoms with E-state index in [-0.39, 0.29) is 17.9 Å². The van der Waals surface area contributed by atoms with Crippen molar-refractivity contribution in [2.75, 3.05) is 20.2 Å². The minimum absolute atomic E-state index is 0.00359. The highest BCUT2D eigenvalue weighted by atomic mass is 35.5. The molecule has 1 aromatic heterocycles. The summed E-state index contributed by atoms with van der Waals surface area (Å²) in [4.78, 5) is 19.9. The van der Waals surface area contributed by atoms with Crippen LogP contribution < -0.4 is 10.1 Å². The highest BCUT2D eigenvalue weighted by molar-refractivity contribution is 6.30. The number of hydrogen-bond donors (Lipinski definition) is 1. The summed E-state index contributed by atoms with van der Waals surface area (Å²) in [5.41, 5.74) is 1.98. The summed E-state index contributed by atoms with van der Waals surface area (Å²) in [7, 11) is 1.66. The van der Waals surface area contributed by atoms with E-state index < -0.39 is 0 Å². The molecule has 1 atom stereocenters. The van der Waals surface area contributed by atoms with E-state index in [0.29, 0.717) is 29.2 Å². The van der Waals surface area contributed by atoms with E-state index in [9.17, 15) is 4.79 Å². The molecule has 7 nitrogen and oxygen atoms in total. The van der Waals surface area contributed by atoms with Crippen molar-refractivity contribution in [1.29, 1.82) is 0 Å². The number of rotatable bonds is 9. The molecule has 1 aliphatic heterocycles. The zero-order valence-corrected chi connectivity index (χ0v) is 21.3. The van der Waals surface area contributed by atoms with Crippen molar-refractivity contribution >= 4 is 17.5 Å². The average molecular weight is 497 g/mol. The van der Waals surface area contributed by atoms with Gasteiger partial charge >= 0.3 is 0 Å². The van der Waals surface area contributed by atoms with E-state index in [2.05, 4.69) is 34.2 Å². The maximum absolute atomic E-state index is 13.1. The van der Waals surface area contributed by atoms with Crippen LogP contribution in [0.4, 0.5) is 0 Å². The molecule has 1 aliphatic rings. The number of nitrogens with zero attached hydrogens (tertiary/aromatic N) is 3. The van der Waals surface area contributed by atoms with Crippen molar-refractivity contribution in [2.24, 2.45) is 11.8 Å². The summed E-state index contributed by atoms with van der Waals surface area (Å²) in [6, 6.07) is 15.3. The molecule has 1 N–H and O–H groups in total. The zero-order chi connectivity index (χ0) is 24.8. The highest BCUT2D eigenvalue weighted by Crippen LogP contribution is 2.26. The average Bonchev–Trinajstić information content (AvgIpc) is 3.32. The van der Waals surface area contributed by atoms with Crippen LogP contribution in [0.2, 0.25) is 5.02 Å². The monoisotopic (exact) mass is 496 g/mol. The van der Waals surface area contributed by atoms with Crippen molar-refractivity contribution in [3.8, 4) is 17.1 Å². The summed E-state index contributed by atoms with van der Waals surface area (Å²) in [5.74, 6) is 2.56. The second-order valence-corrected chi connectivity index (χ2v) is 9.97. The fraction of sp³-hybridized carbons (Fsp3) is 0.444. The first-order chi connectivity index (χ1) is 16.9. The molecule has 0 bridgehead atoms. The van der Waals surface area contributed by atoms with Crippen LogP contribution in [0, 0.1) is 11.8 Å². The van der Waals surface area contributed by atoms with Crippen molar-refractivity contribution in [3.05, 3.63) is 65.0 Å². The molecule has 4 rings (SSSR count). The van der Waals surface area contributed by atoms with Gasteiger partial charge in [0.25, 0.3) is 0 Å². The summed E-state index contributed by atoms with van der Waals surface area (Å²) >= 11 is 5.96. The van der Waals surface area contributed by atoms with Gasteiger partial charge < -0.3 is 14.6 Å². The lowest BCUT2D eigenvalue weighted by molar-refractivity contribution is -0.127. The smallest absolute Gasteiger partial charge is 0.241 e. The lowest BCUT2D eigenvalue weighted by Gasteiger charge is -2.31. The number of aromatic nitrogens is 2. The Balaban J connectivity index is 1.30. The Labute approximate surface area is 211 Å². The topological polar surface area (TPSA) is 80.5 Å². The second-order valence-electron chi connectivity index (χ2n) is 9.53. The van der Waals surface area contributed by atoms with Crippen LogP contribution in [-0.4, -0.2) is 41.1 Å². The molecule has 0 aliphatic carbocycles. The first-order valence-electron chi connectivity index (χ1n) is 12.2. The van der Waals surface area contributed by atoms with Gasteiger partial charge in [0.1, 0.15) is 5.75 Å². The Morgan fingerprint density at radius 1 is 1.14 bits per heavy atom. The largest absolute Gasteiger partial charge is 0.497 e. The van der Waals surface area contributed by atoms with Gasteiger partial charge in [-0.05, 0) is 80.2 Å². The quantitative estimate of drug-likeness (QED) is 0.420. The maximum Gasteiger partial charge on any atom is 0.241 e. The van der Waals surface area contributed by atoms with Crippen LogP contribution >= 0.6 is 11.6 Å². The Kier molecular flexibility index (Phi) is 8.42. The number of likely N-dealkylation sites (tertiary alicyclic amines) is 1. The van der Waals surface area contributed by atoms with Gasteiger partial charge in [-0.2, -0.15) is 4.98 Å². The third-order valence-electron chi connectivity index (χ3n) is 6.43. The number of hydrogen-bond acceptors (Lipinski definition) is 6. The molecule has 2 aromatic carbocycles. The molecular formula is C27H33ClN4O3.